The van der Waals surface area contributed by atoms with Crippen LogP contribution in [0.25, 0.3) is 0 Å². The van der Waals surface area contributed by atoms with Gasteiger partial charge in [-0.15, -0.1) is 0 Å². The van der Waals surface area contributed by atoms with Gasteiger partial charge in [-0.2, -0.15) is 11.8 Å². The van der Waals surface area contributed by atoms with Gasteiger partial charge in [0, 0.05) is 17.6 Å². The van der Waals surface area contributed by atoms with E-state index < -0.39 is 0 Å². The van der Waals surface area contributed by atoms with Gasteiger partial charge in [0.1, 0.15) is 0 Å². The highest BCUT2D eigenvalue weighted by Gasteiger charge is 1.97. The van der Waals surface area contributed by atoms with Crippen molar-refractivity contribution in [3.8, 4) is 0 Å². The molecule has 0 saturated heterocycles. The molecule has 1 heterocycles. The second kappa shape index (κ2) is 5.12. The molecule has 0 fully saturated rings. The van der Waals surface area contributed by atoms with E-state index in [9.17, 15) is 0 Å². The Labute approximate surface area is 83.9 Å². The van der Waals surface area contributed by atoms with E-state index in [-0.39, 0.29) is 0 Å². The highest BCUT2D eigenvalue weighted by molar-refractivity contribution is 7.98. The van der Waals surface area contributed by atoms with Crippen molar-refractivity contribution in [2.45, 2.75) is 19.6 Å². The first kappa shape index (κ1) is 10.4. The molecule has 0 saturated carbocycles. The van der Waals surface area contributed by atoms with Crippen LogP contribution in [0.1, 0.15) is 19.5 Å². The first-order valence-corrected chi connectivity index (χ1v) is 5.62. The molecule has 1 rings (SSSR count). The Balaban J connectivity index is 2.37. The van der Waals surface area contributed by atoms with Crippen molar-refractivity contribution in [1.82, 2.24) is 4.98 Å². The minimum absolute atomic E-state index is 0.742. The molecule has 0 radical (unpaired) electrons. The van der Waals surface area contributed by atoms with Crippen LogP contribution in [-0.4, -0.2) is 10.7 Å². The lowest BCUT2D eigenvalue weighted by atomic mass is 10.3. The van der Waals surface area contributed by atoms with Gasteiger partial charge < -0.3 is 5.73 Å². The summed E-state index contributed by atoms with van der Waals surface area (Å²) in [7, 11) is 0. The average molecular weight is 196 g/mol. The fraction of sp³-hybridized carbons (Fsp3) is 0.500. The molecule has 0 aliphatic rings. The lowest BCUT2D eigenvalue weighted by Gasteiger charge is -2.04. The minimum atomic E-state index is 0.742. The predicted molar refractivity (Wildman–Crippen MR) is 59.6 cm³/mol. The molecule has 2 nitrogen and oxygen atoms in total. The molecule has 0 bridgehead atoms. The third kappa shape index (κ3) is 4.18. The molecule has 72 valence electrons. The molecule has 2 N–H and O–H groups in total. The van der Waals surface area contributed by atoms with E-state index in [2.05, 4.69) is 18.8 Å². The highest BCUT2D eigenvalue weighted by atomic mass is 32.2. The lowest BCUT2D eigenvalue weighted by molar-refractivity contribution is 0.750. The van der Waals surface area contributed by atoms with E-state index in [1.165, 1.54) is 5.75 Å². The molecule has 3 heteroatoms. The molecule has 13 heavy (non-hydrogen) atoms. The summed E-state index contributed by atoms with van der Waals surface area (Å²) in [4.78, 5) is 4.24. The lowest BCUT2D eigenvalue weighted by Crippen LogP contribution is -1.94. The Morgan fingerprint density at radius 2 is 2.31 bits per heavy atom. The number of thioether (sulfide) groups is 1. The number of pyridine rings is 1. The zero-order chi connectivity index (χ0) is 9.68. The van der Waals surface area contributed by atoms with Crippen molar-refractivity contribution in [3.05, 3.63) is 24.0 Å². The number of nitrogen functional groups attached to an aromatic ring is 1. The number of aromatic nitrogens is 1. The summed E-state index contributed by atoms with van der Waals surface area (Å²) in [5.74, 6) is 2.88. The number of rotatable bonds is 4. The zero-order valence-electron chi connectivity index (χ0n) is 8.16. The molecule has 0 aliphatic carbocycles. The second-order valence-electron chi connectivity index (χ2n) is 3.49. The van der Waals surface area contributed by atoms with E-state index in [0.29, 0.717) is 0 Å². The number of nitrogens with two attached hydrogens (primary N) is 1. The summed E-state index contributed by atoms with van der Waals surface area (Å²) in [6.45, 7) is 4.44. The van der Waals surface area contributed by atoms with Gasteiger partial charge in [0.05, 0.1) is 5.69 Å². The summed E-state index contributed by atoms with van der Waals surface area (Å²) in [5, 5.41) is 0. The third-order valence-corrected chi connectivity index (χ3v) is 2.94. The van der Waals surface area contributed by atoms with Crippen LogP contribution in [-0.2, 0) is 5.75 Å². The number of anilines is 1. The molecule has 0 atom stereocenters. The molecular weight excluding hydrogens is 180 g/mol. The van der Waals surface area contributed by atoms with Crippen molar-refractivity contribution in [2.24, 2.45) is 5.92 Å². The van der Waals surface area contributed by atoms with E-state index in [0.717, 1.165) is 23.1 Å². The monoisotopic (exact) mass is 196 g/mol. The minimum Gasteiger partial charge on any atom is -0.399 e. The molecule has 0 aliphatic heterocycles. The molecule has 0 aromatic carbocycles. The first-order valence-electron chi connectivity index (χ1n) is 4.46. The fourth-order valence-electron chi connectivity index (χ4n) is 0.975. The average Bonchev–Trinajstić information content (AvgIpc) is 2.03. The molecule has 0 amide bonds. The summed E-state index contributed by atoms with van der Waals surface area (Å²) in [5.41, 5.74) is 7.52. The van der Waals surface area contributed by atoms with Gasteiger partial charge in [0.15, 0.2) is 0 Å². The van der Waals surface area contributed by atoms with Crippen molar-refractivity contribution in [1.29, 1.82) is 0 Å². The molecule has 1 aromatic heterocycles. The van der Waals surface area contributed by atoms with Crippen LogP contribution in [0, 0.1) is 5.92 Å². The normalized spacial score (nSPS) is 10.7. The summed E-state index contributed by atoms with van der Waals surface area (Å²) in [6, 6.07) is 3.75. The molecule has 1 aromatic rings. The maximum atomic E-state index is 5.64. The largest absolute Gasteiger partial charge is 0.399 e. The van der Waals surface area contributed by atoms with Crippen LogP contribution in [0.15, 0.2) is 18.3 Å². The van der Waals surface area contributed by atoms with Gasteiger partial charge in [-0.05, 0) is 23.8 Å². The van der Waals surface area contributed by atoms with Gasteiger partial charge in [0.25, 0.3) is 0 Å². The predicted octanol–water partition coefficient (Wildman–Crippen LogP) is 2.55. The van der Waals surface area contributed by atoms with Crippen molar-refractivity contribution < 1.29 is 0 Å². The fourth-order valence-corrected chi connectivity index (χ4v) is 1.93. The van der Waals surface area contributed by atoms with Crippen LogP contribution in [0.2, 0.25) is 0 Å². The van der Waals surface area contributed by atoms with Crippen LogP contribution < -0.4 is 5.73 Å². The quantitative estimate of drug-likeness (QED) is 0.804. The van der Waals surface area contributed by atoms with Gasteiger partial charge in [0.2, 0.25) is 0 Å². The van der Waals surface area contributed by atoms with Gasteiger partial charge in [-0.25, -0.2) is 0 Å². The van der Waals surface area contributed by atoms with Crippen LogP contribution in [0.5, 0.6) is 0 Å². The standard InChI is InChI=1S/C10H16N2S/c1-8(2)6-13-7-10-5-9(11)3-4-12-10/h3-5,8H,6-7H2,1-2H3,(H2,11,12). The van der Waals surface area contributed by atoms with Gasteiger partial charge in [-0.3, -0.25) is 4.98 Å². The SMILES string of the molecule is CC(C)CSCc1cc(N)ccn1. The first-order chi connectivity index (χ1) is 6.18. The van der Waals surface area contributed by atoms with Crippen molar-refractivity contribution in [2.75, 3.05) is 11.5 Å². The van der Waals surface area contributed by atoms with E-state index in [4.69, 9.17) is 5.73 Å². The van der Waals surface area contributed by atoms with Gasteiger partial charge >= 0.3 is 0 Å². The van der Waals surface area contributed by atoms with E-state index >= 15 is 0 Å². The maximum absolute atomic E-state index is 5.64. The summed E-state index contributed by atoms with van der Waals surface area (Å²) in [6.07, 6.45) is 1.76. The van der Waals surface area contributed by atoms with Crippen molar-refractivity contribution >= 4 is 17.4 Å². The topological polar surface area (TPSA) is 38.9 Å². The Morgan fingerprint density at radius 1 is 1.54 bits per heavy atom. The van der Waals surface area contributed by atoms with Crippen LogP contribution in [0.4, 0.5) is 5.69 Å². The molecule has 0 unspecified atom stereocenters. The maximum Gasteiger partial charge on any atom is 0.0523 e. The Kier molecular flexibility index (Phi) is 4.09. The van der Waals surface area contributed by atoms with E-state index in [1.54, 1.807) is 6.20 Å². The number of nitrogens with zero attached hydrogens (tertiary/aromatic N) is 1. The third-order valence-electron chi connectivity index (χ3n) is 1.54. The number of hydrogen-bond donors (Lipinski definition) is 1. The second-order valence-corrected chi connectivity index (χ2v) is 4.52. The number of hydrogen-bond acceptors (Lipinski definition) is 3. The zero-order valence-corrected chi connectivity index (χ0v) is 8.97. The molecule has 0 spiro atoms. The van der Waals surface area contributed by atoms with E-state index in [1.807, 2.05) is 23.9 Å². The molecular formula is C10H16N2S. The summed E-state index contributed by atoms with van der Waals surface area (Å²) >= 11 is 1.91. The Morgan fingerprint density at radius 3 is 2.92 bits per heavy atom. The highest BCUT2D eigenvalue weighted by Crippen LogP contribution is 2.14. The Bertz CT molecular complexity index is 261. The van der Waals surface area contributed by atoms with Crippen LogP contribution in [0.3, 0.4) is 0 Å². The smallest absolute Gasteiger partial charge is 0.0523 e. The summed E-state index contributed by atoms with van der Waals surface area (Å²) < 4.78 is 0. The van der Waals surface area contributed by atoms with Crippen LogP contribution >= 0.6 is 11.8 Å². The Hall–Kier alpha value is -0.700. The van der Waals surface area contributed by atoms with Crippen molar-refractivity contribution in [3.63, 3.8) is 0 Å². The van der Waals surface area contributed by atoms with Gasteiger partial charge in [-0.1, -0.05) is 13.8 Å².